The van der Waals surface area contributed by atoms with E-state index in [-0.39, 0.29) is 31.1 Å². The van der Waals surface area contributed by atoms with Crippen LogP contribution in [0.1, 0.15) is 36.0 Å². The van der Waals surface area contributed by atoms with Crippen LogP contribution >= 0.6 is 0 Å². The Bertz CT molecular complexity index is 755. The predicted octanol–water partition coefficient (Wildman–Crippen LogP) is 2.50. The number of hydrogen-bond donors (Lipinski definition) is 2. The van der Waals surface area contributed by atoms with Gasteiger partial charge < -0.3 is 19.2 Å². The van der Waals surface area contributed by atoms with Gasteiger partial charge in [0.05, 0.1) is 24.5 Å². The fourth-order valence-electron chi connectivity index (χ4n) is 2.42. The molecule has 1 amide bonds. The van der Waals surface area contributed by atoms with Gasteiger partial charge in [-0.2, -0.15) is 0 Å². The number of hydrogen-bond acceptors (Lipinski definition) is 6. The van der Waals surface area contributed by atoms with Gasteiger partial charge in [0.2, 0.25) is 12.7 Å². The van der Waals surface area contributed by atoms with Gasteiger partial charge in [0.25, 0.3) is 0 Å². The highest BCUT2D eigenvalue weighted by molar-refractivity contribution is 6.05. The molecule has 0 spiro atoms. The molecule has 0 saturated carbocycles. The first kappa shape index (κ1) is 16.1. The van der Waals surface area contributed by atoms with E-state index in [0.29, 0.717) is 22.7 Å². The number of carbonyl (C=O) groups excluding carboxylic acids is 2. The molecule has 0 aliphatic carbocycles. The van der Waals surface area contributed by atoms with Crippen LogP contribution in [0, 0.1) is 0 Å². The van der Waals surface area contributed by atoms with Gasteiger partial charge in [0.15, 0.2) is 17.3 Å². The number of ether oxygens (including phenoxy) is 2. The second-order valence-corrected chi connectivity index (χ2v) is 5.47. The third-order valence-electron chi connectivity index (χ3n) is 3.70. The summed E-state index contributed by atoms with van der Waals surface area (Å²) in [6.45, 7) is 3.51. The number of amides is 1. The molecule has 126 valence electrons. The molecule has 1 aliphatic rings. The summed E-state index contributed by atoms with van der Waals surface area (Å²) in [6, 6.07) is 6.71. The number of ketones is 1. The average molecular weight is 330 g/mol. The molecule has 3 rings (SSSR count). The number of nitrogens with one attached hydrogen (secondary N) is 2. The van der Waals surface area contributed by atoms with Crippen molar-refractivity contribution in [3.8, 4) is 11.5 Å². The van der Waals surface area contributed by atoms with Crippen LogP contribution in [0.3, 0.4) is 0 Å². The Labute approximate surface area is 138 Å². The summed E-state index contributed by atoms with van der Waals surface area (Å²) in [4.78, 5) is 24.0. The first-order valence-corrected chi connectivity index (χ1v) is 7.56. The van der Waals surface area contributed by atoms with Crippen LogP contribution in [0.5, 0.6) is 11.5 Å². The largest absolute Gasteiger partial charge is 0.468 e. The number of furan rings is 1. The molecule has 0 fully saturated rings. The molecule has 2 N–H and O–H groups in total. The van der Waals surface area contributed by atoms with E-state index in [4.69, 9.17) is 13.9 Å². The van der Waals surface area contributed by atoms with Crippen LogP contribution in [-0.2, 0) is 4.79 Å². The SMILES string of the molecule is CC(=O)c1cc2c(cc1NC(=O)CN[C@H](C)c1ccco1)OCO2. The van der Waals surface area contributed by atoms with Gasteiger partial charge in [-0.15, -0.1) is 0 Å². The first-order valence-electron chi connectivity index (χ1n) is 7.56. The molecule has 1 aromatic heterocycles. The van der Waals surface area contributed by atoms with Crippen molar-refractivity contribution >= 4 is 17.4 Å². The molecule has 1 aromatic carbocycles. The van der Waals surface area contributed by atoms with Crippen LogP contribution in [0.4, 0.5) is 5.69 Å². The van der Waals surface area contributed by atoms with Gasteiger partial charge in [-0.05, 0) is 32.0 Å². The lowest BCUT2D eigenvalue weighted by Gasteiger charge is -2.13. The van der Waals surface area contributed by atoms with Crippen molar-refractivity contribution in [2.45, 2.75) is 19.9 Å². The number of Topliss-reactive ketones (excluding diaryl/α,β-unsaturated/α-hetero) is 1. The van der Waals surface area contributed by atoms with Crippen molar-refractivity contribution in [1.82, 2.24) is 5.32 Å². The Morgan fingerprint density at radius 2 is 2.00 bits per heavy atom. The smallest absolute Gasteiger partial charge is 0.238 e. The lowest BCUT2D eigenvalue weighted by molar-refractivity contribution is -0.115. The number of rotatable bonds is 6. The van der Waals surface area contributed by atoms with E-state index in [9.17, 15) is 9.59 Å². The van der Waals surface area contributed by atoms with E-state index < -0.39 is 0 Å². The highest BCUT2D eigenvalue weighted by Crippen LogP contribution is 2.37. The lowest BCUT2D eigenvalue weighted by Crippen LogP contribution is -2.30. The molecule has 7 heteroatoms. The number of anilines is 1. The minimum atomic E-state index is -0.269. The standard InChI is InChI=1S/C17H18N2O5/c1-10(14-4-3-5-22-14)18-8-17(21)19-13-7-16-15(23-9-24-16)6-12(13)11(2)20/h3-7,10,18H,8-9H2,1-2H3,(H,19,21)/t10-/m1/s1. The number of carbonyl (C=O) groups is 2. The molecule has 2 aromatic rings. The molecule has 0 bridgehead atoms. The highest BCUT2D eigenvalue weighted by Gasteiger charge is 2.20. The summed E-state index contributed by atoms with van der Waals surface area (Å²) >= 11 is 0. The normalized spacial score (nSPS) is 13.6. The molecule has 0 unspecified atom stereocenters. The summed E-state index contributed by atoms with van der Waals surface area (Å²) < 4.78 is 15.8. The Morgan fingerprint density at radius 1 is 1.25 bits per heavy atom. The molecule has 0 saturated heterocycles. The van der Waals surface area contributed by atoms with Gasteiger partial charge in [-0.25, -0.2) is 0 Å². The second-order valence-electron chi connectivity index (χ2n) is 5.47. The van der Waals surface area contributed by atoms with E-state index in [1.54, 1.807) is 24.5 Å². The molecular formula is C17H18N2O5. The summed E-state index contributed by atoms with van der Waals surface area (Å²) in [5, 5.41) is 5.79. The molecule has 24 heavy (non-hydrogen) atoms. The van der Waals surface area contributed by atoms with Crippen molar-refractivity contribution in [2.75, 3.05) is 18.7 Å². The van der Waals surface area contributed by atoms with Gasteiger partial charge in [-0.1, -0.05) is 0 Å². The summed E-state index contributed by atoms with van der Waals surface area (Å²) in [5.74, 6) is 1.32. The zero-order valence-electron chi connectivity index (χ0n) is 13.4. The van der Waals surface area contributed by atoms with Crippen LogP contribution in [0.15, 0.2) is 34.9 Å². The van der Waals surface area contributed by atoms with Crippen molar-refractivity contribution in [3.05, 3.63) is 41.9 Å². The fourth-order valence-corrected chi connectivity index (χ4v) is 2.42. The topological polar surface area (TPSA) is 89.8 Å². The van der Waals surface area contributed by atoms with Crippen molar-refractivity contribution in [1.29, 1.82) is 0 Å². The minimum absolute atomic E-state index is 0.0770. The summed E-state index contributed by atoms with van der Waals surface area (Å²) in [6.07, 6.45) is 1.58. The van der Waals surface area contributed by atoms with Crippen molar-refractivity contribution < 1.29 is 23.5 Å². The Hall–Kier alpha value is -2.80. The summed E-state index contributed by atoms with van der Waals surface area (Å²) in [5.41, 5.74) is 0.788. The third kappa shape index (κ3) is 3.41. The van der Waals surface area contributed by atoms with Gasteiger partial charge in [0.1, 0.15) is 5.76 Å². The Morgan fingerprint density at radius 3 is 2.67 bits per heavy atom. The van der Waals surface area contributed by atoms with E-state index in [1.807, 2.05) is 13.0 Å². The summed E-state index contributed by atoms with van der Waals surface area (Å²) in [7, 11) is 0. The Kier molecular flexibility index (Phi) is 4.52. The molecule has 1 aliphatic heterocycles. The zero-order valence-corrected chi connectivity index (χ0v) is 13.4. The fraction of sp³-hybridized carbons (Fsp3) is 0.294. The van der Waals surface area contributed by atoms with E-state index in [0.717, 1.165) is 5.76 Å². The predicted molar refractivity (Wildman–Crippen MR) is 86.3 cm³/mol. The van der Waals surface area contributed by atoms with Crippen LogP contribution in [-0.4, -0.2) is 25.0 Å². The van der Waals surface area contributed by atoms with Crippen molar-refractivity contribution in [2.24, 2.45) is 0 Å². The molecule has 2 heterocycles. The lowest BCUT2D eigenvalue weighted by atomic mass is 10.1. The minimum Gasteiger partial charge on any atom is -0.468 e. The maximum absolute atomic E-state index is 12.2. The van der Waals surface area contributed by atoms with E-state index in [1.165, 1.54) is 6.92 Å². The van der Waals surface area contributed by atoms with Gasteiger partial charge in [0, 0.05) is 11.6 Å². The second kappa shape index (κ2) is 6.76. The van der Waals surface area contributed by atoms with E-state index in [2.05, 4.69) is 10.6 Å². The number of fused-ring (bicyclic) bond motifs is 1. The zero-order chi connectivity index (χ0) is 17.1. The quantitative estimate of drug-likeness (QED) is 0.791. The van der Waals surface area contributed by atoms with Crippen LogP contribution < -0.4 is 20.1 Å². The Balaban J connectivity index is 1.67. The third-order valence-corrected chi connectivity index (χ3v) is 3.70. The average Bonchev–Trinajstić information content (AvgIpc) is 3.22. The first-order chi connectivity index (χ1) is 11.5. The molecule has 0 radical (unpaired) electrons. The molecular weight excluding hydrogens is 312 g/mol. The highest BCUT2D eigenvalue weighted by atomic mass is 16.7. The maximum atomic E-state index is 12.2. The monoisotopic (exact) mass is 330 g/mol. The van der Waals surface area contributed by atoms with Crippen LogP contribution in [0.2, 0.25) is 0 Å². The molecule has 7 nitrogen and oxygen atoms in total. The van der Waals surface area contributed by atoms with Crippen molar-refractivity contribution in [3.63, 3.8) is 0 Å². The van der Waals surface area contributed by atoms with Gasteiger partial charge in [-0.3, -0.25) is 14.9 Å². The van der Waals surface area contributed by atoms with Gasteiger partial charge >= 0.3 is 0 Å². The van der Waals surface area contributed by atoms with E-state index >= 15 is 0 Å². The molecule has 1 atom stereocenters. The maximum Gasteiger partial charge on any atom is 0.238 e. The number of benzene rings is 1. The van der Waals surface area contributed by atoms with Crippen LogP contribution in [0.25, 0.3) is 0 Å².